The number of hydrogen-bond acceptors (Lipinski definition) is 5. The number of rotatable bonds is 11. The van der Waals surface area contributed by atoms with Gasteiger partial charge in [-0.2, -0.15) is 11.8 Å². The van der Waals surface area contributed by atoms with E-state index in [9.17, 15) is 18.0 Å². The first-order valence-electron chi connectivity index (χ1n) is 10.9. The molecule has 1 atom stereocenters. The van der Waals surface area contributed by atoms with Crippen LogP contribution < -0.4 is 4.31 Å². The van der Waals surface area contributed by atoms with Crippen molar-refractivity contribution in [3.05, 3.63) is 94.3 Å². The molecular weight excluding hydrogens is 515 g/mol. The molecule has 1 unspecified atom stereocenters. The van der Waals surface area contributed by atoms with Crippen LogP contribution in [0.2, 0.25) is 5.02 Å². The molecule has 3 aromatic carbocycles. The molecule has 186 valence electrons. The first-order chi connectivity index (χ1) is 16.8. The van der Waals surface area contributed by atoms with Crippen molar-refractivity contribution >= 4 is 47.0 Å². The van der Waals surface area contributed by atoms with E-state index in [0.29, 0.717) is 29.4 Å². The number of esters is 1. The van der Waals surface area contributed by atoms with Crippen LogP contribution in [-0.4, -0.2) is 24.6 Å². The van der Waals surface area contributed by atoms with Crippen LogP contribution in [0.4, 0.5) is 18.9 Å². The van der Waals surface area contributed by atoms with E-state index in [-0.39, 0.29) is 17.5 Å². The molecule has 0 bridgehead atoms. The van der Waals surface area contributed by atoms with Crippen molar-refractivity contribution in [2.75, 3.05) is 22.9 Å². The number of ether oxygens (including phenoxy) is 1. The monoisotopic (exact) mass is 539 g/mol. The molecule has 0 amide bonds. The van der Waals surface area contributed by atoms with Crippen molar-refractivity contribution in [2.45, 2.75) is 30.7 Å². The third kappa shape index (κ3) is 7.85. The summed E-state index contributed by atoms with van der Waals surface area (Å²) in [5, 5.41) is 0.566. The zero-order valence-electron chi connectivity index (χ0n) is 19.3. The van der Waals surface area contributed by atoms with Crippen molar-refractivity contribution in [2.24, 2.45) is 0 Å². The lowest BCUT2D eigenvalue weighted by Crippen LogP contribution is -2.22. The van der Waals surface area contributed by atoms with Gasteiger partial charge in [-0.1, -0.05) is 17.7 Å². The van der Waals surface area contributed by atoms with Crippen LogP contribution in [0.15, 0.2) is 65.6 Å². The molecule has 3 nitrogen and oxygen atoms in total. The lowest BCUT2D eigenvalue weighted by atomic mass is 9.99. The molecule has 9 heteroatoms. The second kappa shape index (κ2) is 13.1. The fourth-order valence-corrected chi connectivity index (χ4v) is 5.47. The number of aryl methyl sites for hydroxylation is 1. The molecule has 0 radical (unpaired) electrons. The van der Waals surface area contributed by atoms with Gasteiger partial charge in [0.25, 0.3) is 0 Å². The maximum atomic E-state index is 14.9. The summed E-state index contributed by atoms with van der Waals surface area (Å²) in [7, 11) is 1.35. The minimum atomic E-state index is -0.568. The molecule has 0 saturated carbocycles. The quantitative estimate of drug-likeness (QED) is 0.140. The number of methoxy groups -OCH3 is 1. The van der Waals surface area contributed by atoms with Crippen LogP contribution in [0.1, 0.15) is 30.5 Å². The van der Waals surface area contributed by atoms with Gasteiger partial charge in [-0.25, -0.2) is 13.2 Å². The van der Waals surface area contributed by atoms with Gasteiger partial charge in [-0.3, -0.25) is 4.79 Å². The number of hydrogen-bond donors (Lipinski definition) is 0. The van der Waals surface area contributed by atoms with Crippen LogP contribution in [0.25, 0.3) is 0 Å². The van der Waals surface area contributed by atoms with Gasteiger partial charge in [-0.15, -0.1) is 0 Å². The van der Waals surface area contributed by atoms with Gasteiger partial charge in [0.15, 0.2) is 0 Å². The lowest BCUT2D eigenvalue weighted by molar-refractivity contribution is -0.140. The predicted molar refractivity (Wildman–Crippen MR) is 139 cm³/mol. The van der Waals surface area contributed by atoms with E-state index in [1.807, 2.05) is 6.92 Å². The van der Waals surface area contributed by atoms with E-state index in [1.54, 1.807) is 46.4 Å². The van der Waals surface area contributed by atoms with Crippen molar-refractivity contribution in [3.8, 4) is 0 Å². The number of carbonyl (C=O) groups is 1. The summed E-state index contributed by atoms with van der Waals surface area (Å²) in [6, 6.07) is 14.5. The molecule has 0 heterocycles. The fraction of sp³-hybridized carbons (Fsp3) is 0.269. The van der Waals surface area contributed by atoms with E-state index in [1.165, 1.54) is 31.2 Å². The second-order valence-corrected chi connectivity index (χ2v) is 10.4. The number of benzene rings is 3. The highest BCUT2D eigenvalue weighted by molar-refractivity contribution is 8.00. The standard InChI is InChI=1S/C26H25ClF3NO2S2/c1-17(23-9-5-20(28)15-18(23)11-13-34-14-12-26(32)33-2)31(25-16-21(29)6-10-24(25)30)35-22-7-3-19(27)4-8-22/h3-10,15-17H,11-14H2,1-2H3. The zero-order valence-corrected chi connectivity index (χ0v) is 21.7. The number of anilines is 1. The molecule has 0 N–H and O–H groups in total. The zero-order chi connectivity index (χ0) is 25.4. The van der Waals surface area contributed by atoms with Crippen molar-refractivity contribution in [1.29, 1.82) is 0 Å². The third-order valence-electron chi connectivity index (χ3n) is 5.26. The Hall–Kier alpha value is -2.29. The first kappa shape index (κ1) is 27.3. The Bertz CT molecular complexity index is 1150. The van der Waals surface area contributed by atoms with Gasteiger partial charge < -0.3 is 9.04 Å². The molecule has 0 saturated heterocycles. The summed E-state index contributed by atoms with van der Waals surface area (Å²) in [5.74, 6) is -0.508. The van der Waals surface area contributed by atoms with Crippen LogP contribution in [0.3, 0.4) is 0 Å². The van der Waals surface area contributed by atoms with Gasteiger partial charge in [0.1, 0.15) is 17.5 Å². The molecule has 3 aromatic rings. The van der Waals surface area contributed by atoms with Crippen molar-refractivity contribution < 1.29 is 22.7 Å². The summed E-state index contributed by atoms with van der Waals surface area (Å²) in [5.41, 5.74) is 1.65. The smallest absolute Gasteiger partial charge is 0.306 e. The normalized spacial score (nSPS) is 11.8. The van der Waals surface area contributed by atoms with Gasteiger partial charge >= 0.3 is 5.97 Å². The molecule has 3 rings (SSSR count). The Morgan fingerprint density at radius 1 is 1.00 bits per heavy atom. The van der Waals surface area contributed by atoms with Gasteiger partial charge in [0, 0.05) is 21.7 Å². The molecule has 0 spiro atoms. The Labute approximate surface area is 217 Å². The highest BCUT2D eigenvalue weighted by Crippen LogP contribution is 2.40. The maximum Gasteiger partial charge on any atom is 0.306 e. The van der Waals surface area contributed by atoms with Gasteiger partial charge in [0.05, 0.1) is 25.3 Å². The minimum absolute atomic E-state index is 0.0835. The summed E-state index contributed by atoms with van der Waals surface area (Å²) in [4.78, 5) is 12.1. The van der Waals surface area contributed by atoms with E-state index in [2.05, 4.69) is 4.74 Å². The highest BCUT2D eigenvalue weighted by Gasteiger charge is 2.24. The van der Waals surface area contributed by atoms with Gasteiger partial charge in [0.2, 0.25) is 0 Å². The summed E-state index contributed by atoms with van der Waals surface area (Å²) in [6.45, 7) is 1.87. The molecule has 0 aliphatic rings. The topological polar surface area (TPSA) is 29.5 Å². The Kier molecular flexibility index (Phi) is 10.2. The third-order valence-corrected chi connectivity index (χ3v) is 7.69. The highest BCUT2D eigenvalue weighted by atomic mass is 35.5. The van der Waals surface area contributed by atoms with Crippen molar-refractivity contribution in [3.63, 3.8) is 0 Å². The van der Waals surface area contributed by atoms with Crippen LogP contribution in [-0.2, 0) is 16.0 Å². The summed E-state index contributed by atoms with van der Waals surface area (Å²) >= 11 is 8.82. The average molecular weight is 540 g/mol. The molecular formula is C26H25ClF3NO2S2. The van der Waals surface area contributed by atoms with Crippen LogP contribution >= 0.6 is 35.3 Å². The lowest BCUT2D eigenvalue weighted by Gasteiger charge is -2.32. The Balaban J connectivity index is 1.88. The second-order valence-electron chi connectivity index (χ2n) is 7.67. The Morgan fingerprint density at radius 2 is 1.69 bits per heavy atom. The van der Waals surface area contributed by atoms with Gasteiger partial charge in [-0.05, 0) is 90.7 Å². The molecule has 0 aromatic heterocycles. The van der Waals surface area contributed by atoms with Crippen molar-refractivity contribution in [1.82, 2.24) is 0 Å². The first-order valence-corrected chi connectivity index (χ1v) is 13.2. The van der Waals surface area contributed by atoms with Crippen LogP contribution in [0, 0.1) is 17.5 Å². The molecule has 0 fully saturated rings. The number of carbonyl (C=O) groups excluding carboxylic acids is 1. The van der Waals surface area contributed by atoms with Crippen LogP contribution in [0.5, 0.6) is 0 Å². The van der Waals surface area contributed by atoms with E-state index >= 15 is 0 Å². The minimum Gasteiger partial charge on any atom is -0.469 e. The number of halogens is 4. The van der Waals surface area contributed by atoms with E-state index in [0.717, 1.165) is 34.2 Å². The predicted octanol–water partition coefficient (Wildman–Crippen LogP) is 7.87. The fourth-order valence-electron chi connectivity index (χ4n) is 3.47. The average Bonchev–Trinajstić information content (AvgIpc) is 2.84. The number of thioether (sulfide) groups is 1. The van der Waals surface area contributed by atoms with E-state index in [4.69, 9.17) is 11.6 Å². The SMILES string of the molecule is COC(=O)CCSCCc1cc(F)ccc1C(C)N(Sc1ccc(Cl)cc1)c1cc(F)ccc1F. The molecule has 0 aliphatic carbocycles. The maximum absolute atomic E-state index is 14.9. The molecule has 0 aliphatic heterocycles. The summed E-state index contributed by atoms with van der Waals surface area (Å²) < 4.78 is 49.5. The Morgan fingerprint density at radius 3 is 2.40 bits per heavy atom. The summed E-state index contributed by atoms with van der Waals surface area (Å²) in [6.07, 6.45) is 0.853. The largest absolute Gasteiger partial charge is 0.469 e. The molecule has 35 heavy (non-hydrogen) atoms. The number of nitrogens with zero attached hydrogens (tertiary/aromatic N) is 1. The van der Waals surface area contributed by atoms with E-state index < -0.39 is 17.7 Å².